The Morgan fingerprint density at radius 3 is 2.50 bits per heavy atom. The van der Waals surface area contributed by atoms with E-state index in [1.165, 1.54) is 6.07 Å². The minimum Gasteiger partial charge on any atom is -0.476 e. The van der Waals surface area contributed by atoms with Gasteiger partial charge in [-0.25, -0.2) is 19.6 Å². The number of carboxylic acids is 1. The maximum absolute atomic E-state index is 13.6. The van der Waals surface area contributed by atoms with Crippen LogP contribution in [0.2, 0.25) is 5.15 Å². The van der Waals surface area contributed by atoms with Crippen LogP contribution in [-0.2, 0) is 7.05 Å². The average Bonchev–Trinajstić information content (AvgIpc) is 3.36. The van der Waals surface area contributed by atoms with Crippen LogP contribution in [0.25, 0.3) is 10.9 Å². The molecule has 2 aliphatic heterocycles. The highest BCUT2D eigenvalue weighted by Gasteiger charge is 2.33. The monoisotopic (exact) mass is 566 g/mol. The number of anilines is 1. The molecule has 11 heteroatoms. The van der Waals surface area contributed by atoms with Crippen LogP contribution in [0.1, 0.15) is 78.9 Å². The zero-order chi connectivity index (χ0) is 28.7. The molecule has 212 valence electrons. The molecule has 2 fully saturated rings. The third-order valence-electron chi connectivity index (χ3n) is 8.22. The Balaban J connectivity index is 1.45. The molecule has 0 saturated carbocycles. The van der Waals surface area contributed by atoms with E-state index < -0.39 is 5.97 Å². The predicted molar refractivity (Wildman–Crippen MR) is 154 cm³/mol. The van der Waals surface area contributed by atoms with E-state index in [1.54, 1.807) is 17.7 Å². The number of piperidine rings is 1. The molecule has 2 amide bonds. The average molecular weight is 567 g/mol. The quantitative estimate of drug-likeness (QED) is 0.419. The SMILES string of the molecule is Cc1cc([C@@H](C)Nc2ccc(Cl)nc2C(=O)O)c2nc(C3CCN(C(=O)N4CCC[C@@H]4C)CC3)n(C)c(=O)c2c1. The number of carboxylic acid groups (broad SMARTS) is 1. The number of benzene rings is 1. The number of hydrogen-bond donors (Lipinski definition) is 2. The highest BCUT2D eigenvalue weighted by atomic mass is 35.5. The molecule has 3 aromatic rings. The summed E-state index contributed by atoms with van der Waals surface area (Å²) in [5.74, 6) is -0.445. The van der Waals surface area contributed by atoms with E-state index in [1.807, 2.05) is 35.8 Å². The van der Waals surface area contributed by atoms with Crippen molar-refractivity contribution in [3.63, 3.8) is 0 Å². The van der Waals surface area contributed by atoms with Crippen molar-refractivity contribution in [3.8, 4) is 0 Å². The van der Waals surface area contributed by atoms with Gasteiger partial charge in [-0.3, -0.25) is 9.36 Å². The first-order valence-corrected chi connectivity index (χ1v) is 14.2. The lowest BCUT2D eigenvalue weighted by molar-refractivity contribution is 0.0691. The van der Waals surface area contributed by atoms with Crippen molar-refractivity contribution in [2.24, 2.45) is 7.05 Å². The molecule has 2 aromatic heterocycles. The van der Waals surface area contributed by atoms with Crippen LogP contribution in [0.15, 0.2) is 29.1 Å². The second-order valence-corrected chi connectivity index (χ2v) is 11.4. The summed E-state index contributed by atoms with van der Waals surface area (Å²) >= 11 is 5.93. The van der Waals surface area contributed by atoms with Gasteiger partial charge in [0.1, 0.15) is 11.0 Å². The maximum Gasteiger partial charge on any atom is 0.356 e. The standard InChI is InChI=1S/C29H35ClN6O4/c1-16-14-20(18(3)31-22-7-8-23(30)32-25(22)28(38)39)24-21(15-16)27(37)34(4)26(33-24)19-9-12-35(13-10-19)29(40)36-11-5-6-17(36)2/h7-8,14-15,17-19,31H,5-6,9-13H2,1-4H3,(H,38,39)/t17-,18+/m0/s1. The Morgan fingerprint density at radius 2 is 1.85 bits per heavy atom. The number of rotatable bonds is 5. The number of aryl methyl sites for hydroxylation is 1. The summed E-state index contributed by atoms with van der Waals surface area (Å²) in [6.07, 6.45) is 3.56. The molecule has 2 saturated heterocycles. The smallest absolute Gasteiger partial charge is 0.356 e. The lowest BCUT2D eigenvalue weighted by Crippen LogP contribution is -2.47. The van der Waals surface area contributed by atoms with E-state index in [4.69, 9.17) is 16.6 Å². The number of nitrogens with one attached hydrogen (secondary N) is 1. The largest absolute Gasteiger partial charge is 0.476 e. The van der Waals surface area contributed by atoms with E-state index in [0.29, 0.717) is 35.5 Å². The van der Waals surface area contributed by atoms with Crippen molar-refractivity contribution in [2.45, 2.75) is 64.5 Å². The van der Waals surface area contributed by atoms with Crippen LogP contribution in [-0.4, -0.2) is 67.1 Å². The molecule has 40 heavy (non-hydrogen) atoms. The number of pyridine rings is 1. The molecule has 2 aliphatic rings. The van der Waals surface area contributed by atoms with E-state index >= 15 is 0 Å². The molecule has 4 heterocycles. The van der Waals surface area contributed by atoms with Crippen LogP contribution in [0.5, 0.6) is 0 Å². The van der Waals surface area contributed by atoms with E-state index in [0.717, 1.165) is 43.4 Å². The van der Waals surface area contributed by atoms with Gasteiger partial charge in [-0.2, -0.15) is 0 Å². The molecule has 2 N–H and O–H groups in total. The Morgan fingerprint density at radius 1 is 1.12 bits per heavy atom. The lowest BCUT2D eigenvalue weighted by atomic mass is 9.94. The molecule has 1 aromatic carbocycles. The van der Waals surface area contributed by atoms with Crippen LogP contribution < -0.4 is 10.9 Å². The summed E-state index contributed by atoms with van der Waals surface area (Å²) < 4.78 is 1.64. The number of amides is 2. The molecular weight excluding hydrogens is 532 g/mol. The fraction of sp³-hybridized carbons (Fsp3) is 0.483. The fourth-order valence-corrected chi connectivity index (χ4v) is 6.17. The third kappa shape index (κ3) is 5.24. The number of aromatic nitrogens is 3. The van der Waals surface area contributed by atoms with Crippen molar-refractivity contribution in [2.75, 3.05) is 25.0 Å². The fourth-order valence-electron chi connectivity index (χ4n) is 6.02. The van der Waals surface area contributed by atoms with E-state index in [9.17, 15) is 19.5 Å². The molecule has 0 unspecified atom stereocenters. The van der Waals surface area contributed by atoms with Crippen LogP contribution in [0.3, 0.4) is 0 Å². The minimum atomic E-state index is -1.19. The summed E-state index contributed by atoms with van der Waals surface area (Å²) in [6, 6.07) is 6.94. The van der Waals surface area contributed by atoms with Gasteiger partial charge in [-0.05, 0) is 70.2 Å². The van der Waals surface area contributed by atoms with Crippen LogP contribution >= 0.6 is 11.6 Å². The molecule has 0 bridgehead atoms. The maximum atomic E-state index is 13.6. The van der Waals surface area contributed by atoms with Crippen molar-refractivity contribution in [1.29, 1.82) is 0 Å². The van der Waals surface area contributed by atoms with Gasteiger partial charge in [0.25, 0.3) is 5.56 Å². The van der Waals surface area contributed by atoms with Crippen LogP contribution in [0.4, 0.5) is 10.5 Å². The summed E-state index contributed by atoms with van der Waals surface area (Å²) in [4.78, 5) is 51.3. The highest BCUT2D eigenvalue weighted by Crippen LogP contribution is 2.32. The summed E-state index contributed by atoms with van der Waals surface area (Å²) in [7, 11) is 1.76. The van der Waals surface area contributed by atoms with Gasteiger partial charge in [0, 0.05) is 44.2 Å². The lowest BCUT2D eigenvalue weighted by Gasteiger charge is -2.36. The number of aromatic carboxylic acids is 1. The number of nitrogens with zero attached hydrogens (tertiary/aromatic N) is 5. The number of carbonyl (C=O) groups is 2. The predicted octanol–water partition coefficient (Wildman–Crippen LogP) is 4.95. The molecule has 5 rings (SSSR count). The highest BCUT2D eigenvalue weighted by molar-refractivity contribution is 6.29. The molecule has 0 aliphatic carbocycles. The van der Waals surface area contributed by atoms with Crippen molar-refractivity contribution in [3.05, 3.63) is 62.4 Å². The zero-order valence-electron chi connectivity index (χ0n) is 23.3. The third-order valence-corrected chi connectivity index (χ3v) is 8.43. The van der Waals surface area contributed by atoms with Gasteiger partial charge in [0.2, 0.25) is 0 Å². The van der Waals surface area contributed by atoms with Gasteiger partial charge in [-0.15, -0.1) is 0 Å². The number of hydrogen-bond acceptors (Lipinski definition) is 6. The number of fused-ring (bicyclic) bond motifs is 1. The van der Waals surface area contributed by atoms with Crippen LogP contribution in [0, 0.1) is 6.92 Å². The summed E-state index contributed by atoms with van der Waals surface area (Å²) in [5, 5.41) is 13.5. The van der Waals surface area contributed by atoms with E-state index in [-0.39, 0.29) is 40.4 Å². The molecular formula is C29H35ClN6O4. The van der Waals surface area contributed by atoms with Gasteiger partial charge in [0.05, 0.1) is 22.6 Å². The first kappa shape index (κ1) is 27.9. The number of halogens is 1. The minimum absolute atomic E-state index is 0.0404. The first-order chi connectivity index (χ1) is 19.0. The second kappa shape index (κ2) is 11.1. The van der Waals surface area contributed by atoms with E-state index in [2.05, 4.69) is 17.2 Å². The van der Waals surface area contributed by atoms with Gasteiger partial charge >= 0.3 is 12.0 Å². The number of urea groups is 1. The number of likely N-dealkylation sites (tertiary alicyclic amines) is 2. The molecule has 2 atom stereocenters. The van der Waals surface area contributed by atoms with Gasteiger partial charge in [0.15, 0.2) is 5.69 Å². The van der Waals surface area contributed by atoms with Gasteiger partial charge < -0.3 is 20.2 Å². The Labute approximate surface area is 238 Å². The normalized spacial score (nSPS) is 18.8. The Bertz CT molecular complexity index is 1530. The first-order valence-electron chi connectivity index (χ1n) is 13.8. The molecule has 0 radical (unpaired) electrons. The topological polar surface area (TPSA) is 121 Å². The molecule has 0 spiro atoms. The van der Waals surface area contributed by atoms with Crippen molar-refractivity contribution < 1.29 is 14.7 Å². The second-order valence-electron chi connectivity index (χ2n) is 11.0. The van der Waals surface area contributed by atoms with Gasteiger partial charge in [-0.1, -0.05) is 17.7 Å². The number of carbonyl (C=O) groups excluding carboxylic acids is 1. The zero-order valence-corrected chi connectivity index (χ0v) is 24.0. The Kier molecular flexibility index (Phi) is 7.72. The van der Waals surface area contributed by atoms with Crippen molar-refractivity contribution >= 4 is 40.2 Å². The summed E-state index contributed by atoms with van der Waals surface area (Å²) in [5.41, 5.74) is 2.31. The van der Waals surface area contributed by atoms with Crippen molar-refractivity contribution in [1.82, 2.24) is 24.3 Å². The molecule has 10 nitrogen and oxygen atoms in total. The Hall–Kier alpha value is -3.66. The summed E-state index contributed by atoms with van der Waals surface area (Å²) in [6.45, 7) is 7.99.